The molecule has 4 heteroatoms. The highest BCUT2D eigenvalue weighted by atomic mass is 79.9. The number of hydrogen-bond donors (Lipinski definition) is 1. The van der Waals surface area contributed by atoms with E-state index in [1.54, 1.807) is 11.3 Å². The minimum atomic E-state index is 0.251. The molecule has 2 unspecified atom stereocenters. The molecule has 1 rings (SSSR count). The maximum atomic E-state index is 5.60. The summed E-state index contributed by atoms with van der Waals surface area (Å²) in [4.78, 5) is 1.38. The summed E-state index contributed by atoms with van der Waals surface area (Å²) in [6.07, 6.45) is 1.27. The Balaban J connectivity index is 2.53. The van der Waals surface area contributed by atoms with Crippen molar-refractivity contribution >= 4 is 27.3 Å². The average Bonchev–Trinajstić information content (AvgIpc) is 2.61. The average molecular weight is 292 g/mol. The zero-order chi connectivity index (χ0) is 11.3. The summed E-state index contributed by atoms with van der Waals surface area (Å²) in [7, 11) is 1.99. The molecule has 0 bridgehead atoms. The number of halogens is 1. The lowest BCUT2D eigenvalue weighted by Crippen LogP contribution is -2.39. The first kappa shape index (κ1) is 13.2. The second-order valence-electron chi connectivity index (χ2n) is 3.47. The molecule has 2 nitrogen and oxygen atoms in total. The summed E-state index contributed by atoms with van der Waals surface area (Å²) in [5.74, 6) is 0. The number of likely N-dealkylation sites (N-methyl/N-ethyl adjacent to an activating group) is 1. The molecule has 0 aromatic carbocycles. The molecule has 0 saturated heterocycles. The van der Waals surface area contributed by atoms with E-state index >= 15 is 0 Å². The van der Waals surface area contributed by atoms with Crippen LogP contribution in [-0.2, 0) is 11.2 Å². The predicted octanol–water partition coefficient (Wildman–Crippen LogP) is 3.07. The summed E-state index contributed by atoms with van der Waals surface area (Å²) in [6.45, 7) is 4.92. The molecule has 1 heterocycles. The van der Waals surface area contributed by atoms with Crippen molar-refractivity contribution in [1.29, 1.82) is 0 Å². The highest BCUT2D eigenvalue weighted by molar-refractivity contribution is 9.11. The summed E-state index contributed by atoms with van der Waals surface area (Å²) >= 11 is 5.27. The molecule has 1 aromatic heterocycles. The van der Waals surface area contributed by atoms with E-state index in [-0.39, 0.29) is 6.10 Å². The number of hydrogen-bond acceptors (Lipinski definition) is 3. The van der Waals surface area contributed by atoms with Gasteiger partial charge in [-0.1, -0.05) is 0 Å². The SMILES string of the molecule is CCOC(C)C(Cc1ccc(Br)s1)NC. The highest BCUT2D eigenvalue weighted by Gasteiger charge is 2.16. The van der Waals surface area contributed by atoms with Gasteiger partial charge in [0, 0.05) is 17.5 Å². The van der Waals surface area contributed by atoms with Crippen molar-refractivity contribution in [3.8, 4) is 0 Å². The van der Waals surface area contributed by atoms with Gasteiger partial charge in [-0.15, -0.1) is 11.3 Å². The Labute approximate surface area is 104 Å². The highest BCUT2D eigenvalue weighted by Crippen LogP contribution is 2.23. The van der Waals surface area contributed by atoms with Crippen molar-refractivity contribution in [1.82, 2.24) is 5.32 Å². The third kappa shape index (κ3) is 4.23. The third-order valence-electron chi connectivity index (χ3n) is 2.42. The van der Waals surface area contributed by atoms with Crippen molar-refractivity contribution in [3.63, 3.8) is 0 Å². The molecule has 0 spiro atoms. The van der Waals surface area contributed by atoms with Gasteiger partial charge in [-0.05, 0) is 55.4 Å². The Hall–Kier alpha value is 0.1000. The molecular weight excluding hydrogens is 274 g/mol. The second kappa shape index (κ2) is 6.63. The van der Waals surface area contributed by atoms with Crippen LogP contribution in [0.1, 0.15) is 18.7 Å². The first-order chi connectivity index (χ1) is 7.17. The van der Waals surface area contributed by atoms with Gasteiger partial charge >= 0.3 is 0 Å². The first-order valence-electron chi connectivity index (χ1n) is 5.20. The molecule has 0 radical (unpaired) electrons. The fourth-order valence-electron chi connectivity index (χ4n) is 1.56. The Kier molecular flexibility index (Phi) is 5.82. The standard InChI is InChI=1S/C11H18BrNOS/c1-4-14-8(2)10(13-3)7-9-5-6-11(12)15-9/h5-6,8,10,13H,4,7H2,1-3H3. The minimum Gasteiger partial charge on any atom is -0.377 e. The van der Waals surface area contributed by atoms with Crippen LogP contribution < -0.4 is 5.32 Å². The van der Waals surface area contributed by atoms with Crippen molar-refractivity contribution in [2.24, 2.45) is 0 Å². The van der Waals surface area contributed by atoms with Gasteiger partial charge in [0.15, 0.2) is 0 Å². The molecule has 0 aliphatic carbocycles. The van der Waals surface area contributed by atoms with Gasteiger partial charge in [0.25, 0.3) is 0 Å². The van der Waals surface area contributed by atoms with Crippen molar-refractivity contribution in [2.45, 2.75) is 32.4 Å². The summed E-state index contributed by atoms with van der Waals surface area (Å²) in [5.41, 5.74) is 0. The molecule has 15 heavy (non-hydrogen) atoms. The molecule has 0 aliphatic heterocycles. The van der Waals surface area contributed by atoms with Crippen LogP contribution in [0.4, 0.5) is 0 Å². The quantitative estimate of drug-likeness (QED) is 0.870. The molecule has 1 N–H and O–H groups in total. The lowest BCUT2D eigenvalue weighted by atomic mass is 10.1. The number of thiophene rings is 1. The van der Waals surface area contributed by atoms with Crippen LogP contribution in [0.25, 0.3) is 0 Å². The molecule has 86 valence electrons. The van der Waals surface area contributed by atoms with Crippen LogP contribution in [0.3, 0.4) is 0 Å². The smallest absolute Gasteiger partial charge is 0.0703 e. The second-order valence-corrected chi connectivity index (χ2v) is 6.01. The fraction of sp³-hybridized carbons (Fsp3) is 0.636. The Morgan fingerprint density at radius 3 is 2.73 bits per heavy atom. The maximum Gasteiger partial charge on any atom is 0.0703 e. The van der Waals surface area contributed by atoms with Crippen molar-refractivity contribution in [3.05, 3.63) is 20.8 Å². The fourth-order valence-corrected chi connectivity index (χ4v) is 3.10. The van der Waals surface area contributed by atoms with E-state index in [0.717, 1.165) is 13.0 Å². The van der Waals surface area contributed by atoms with Gasteiger partial charge < -0.3 is 10.1 Å². The van der Waals surface area contributed by atoms with E-state index in [4.69, 9.17) is 4.74 Å². The lowest BCUT2D eigenvalue weighted by Gasteiger charge is -2.22. The monoisotopic (exact) mass is 291 g/mol. The topological polar surface area (TPSA) is 21.3 Å². The van der Waals surface area contributed by atoms with Crippen LogP contribution in [0, 0.1) is 0 Å². The van der Waals surface area contributed by atoms with Gasteiger partial charge in [-0.25, -0.2) is 0 Å². The summed E-state index contributed by atoms with van der Waals surface area (Å²) < 4.78 is 6.80. The number of ether oxygens (including phenoxy) is 1. The number of nitrogens with one attached hydrogen (secondary N) is 1. The van der Waals surface area contributed by atoms with Crippen LogP contribution in [0.2, 0.25) is 0 Å². The van der Waals surface area contributed by atoms with E-state index in [1.165, 1.54) is 8.66 Å². The molecular formula is C11H18BrNOS. The minimum absolute atomic E-state index is 0.251. The number of rotatable bonds is 6. The molecule has 0 saturated carbocycles. The predicted molar refractivity (Wildman–Crippen MR) is 69.7 cm³/mol. The molecule has 0 aliphatic rings. The van der Waals surface area contributed by atoms with Crippen LogP contribution in [-0.4, -0.2) is 25.8 Å². The van der Waals surface area contributed by atoms with Crippen molar-refractivity contribution in [2.75, 3.05) is 13.7 Å². The zero-order valence-electron chi connectivity index (χ0n) is 9.42. The van der Waals surface area contributed by atoms with E-state index in [0.29, 0.717) is 6.04 Å². The third-order valence-corrected chi connectivity index (χ3v) is 4.06. The molecule has 2 atom stereocenters. The molecule has 0 fully saturated rings. The van der Waals surface area contributed by atoms with Gasteiger partial charge in [-0.3, -0.25) is 0 Å². The first-order valence-corrected chi connectivity index (χ1v) is 6.81. The van der Waals surface area contributed by atoms with Gasteiger partial charge in [0.1, 0.15) is 0 Å². The summed E-state index contributed by atoms with van der Waals surface area (Å²) in [5, 5.41) is 3.31. The van der Waals surface area contributed by atoms with E-state index in [2.05, 4.69) is 40.3 Å². The maximum absolute atomic E-state index is 5.60. The van der Waals surface area contributed by atoms with Gasteiger partial charge in [0.05, 0.1) is 9.89 Å². The Bertz CT molecular complexity index is 290. The normalized spacial score (nSPS) is 15.2. The van der Waals surface area contributed by atoms with Crippen LogP contribution >= 0.6 is 27.3 Å². The van der Waals surface area contributed by atoms with E-state index < -0.39 is 0 Å². The Morgan fingerprint density at radius 2 is 2.27 bits per heavy atom. The molecule has 1 aromatic rings. The Morgan fingerprint density at radius 1 is 1.53 bits per heavy atom. The van der Waals surface area contributed by atoms with Crippen LogP contribution in [0.15, 0.2) is 15.9 Å². The zero-order valence-corrected chi connectivity index (χ0v) is 11.8. The van der Waals surface area contributed by atoms with E-state index in [9.17, 15) is 0 Å². The van der Waals surface area contributed by atoms with Gasteiger partial charge in [-0.2, -0.15) is 0 Å². The van der Waals surface area contributed by atoms with E-state index in [1.807, 2.05) is 14.0 Å². The summed E-state index contributed by atoms with van der Waals surface area (Å²) in [6, 6.07) is 4.64. The van der Waals surface area contributed by atoms with Crippen molar-refractivity contribution < 1.29 is 4.74 Å². The van der Waals surface area contributed by atoms with Crippen LogP contribution in [0.5, 0.6) is 0 Å². The van der Waals surface area contributed by atoms with Gasteiger partial charge in [0.2, 0.25) is 0 Å². The molecule has 0 amide bonds. The largest absolute Gasteiger partial charge is 0.377 e. The lowest BCUT2D eigenvalue weighted by molar-refractivity contribution is 0.0499.